The van der Waals surface area contributed by atoms with Gasteiger partial charge in [-0.2, -0.15) is 0 Å². The van der Waals surface area contributed by atoms with Crippen molar-refractivity contribution in [3.05, 3.63) is 29.3 Å². The molecule has 0 unspecified atom stereocenters. The Kier molecular flexibility index (Phi) is 4.97. The number of benzene rings is 1. The molecule has 0 fully saturated rings. The second kappa shape index (κ2) is 6.03. The molecule has 0 saturated heterocycles. The summed E-state index contributed by atoms with van der Waals surface area (Å²) in [5.41, 5.74) is 7.88. The molecular formula is C14H23NO2. The first-order valence-electron chi connectivity index (χ1n) is 5.95. The van der Waals surface area contributed by atoms with Gasteiger partial charge in [0, 0.05) is 5.54 Å². The third kappa shape index (κ3) is 5.71. The monoisotopic (exact) mass is 237 g/mol. The summed E-state index contributed by atoms with van der Waals surface area (Å²) >= 11 is 0. The van der Waals surface area contributed by atoms with E-state index in [0.29, 0.717) is 19.8 Å². The van der Waals surface area contributed by atoms with E-state index in [9.17, 15) is 0 Å². The quantitative estimate of drug-likeness (QED) is 0.773. The van der Waals surface area contributed by atoms with Crippen molar-refractivity contribution in [2.75, 3.05) is 19.8 Å². The molecule has 0 atom stereocenters. The lowest BCUT2D eigenvalue weighted by Crippen LogP contribution is -2.37. The van der Waals surface area contributed by atoms with Crippen molar-refractivity contribution in [3.63, 3.8) is 0 Å². The molecule has 1 rings (SSSR count). The van der Waals surface area contributed by atoms with Crippen molar-refractivity contribution in [3.8, 4) is 5.75 Å². The van der Waals surface area contributed by atoms with Gasteiger partial charge in [-0.1, -0.05) is 12.1 Å². The first-order valence-corrected chi connectivity index (χ1v) is 5.95. The number of hydrogen-bond acceptors (Lipinski definition) is 3. The van der Waals surface area contributed by atoms with Crippen LogP contribution in [-0.2, 0) is 4.74 Å². The van der Waals surface area contributed by atoms with Crippen LogP contribution in [-0.4, -0.2) is 25.4 Å². The molecule has 3 nitrogen and oxygen atoms in total. The summed E-state index contributed by atoms with van der Waals surface area (Å²) in [6.45, 7) is 9.65. The number of aryl methyl sites for hydroxylation is 2. The van der Waals surface area contributed by atoms with E-state index in [1.54, 1.807) is 0 Å². The lowest BCUT2D eigenvalue weighted by molar-refractivity contribution is 0.0722. The normalized spacial score (nSPS) is 11.6. The third-order valence-corrected chi connectivity index (χ3v) is 2.30. The van der Waals surface area contributed by atoms with Crippen LogP contribution in [0.5, 0.6) is 5.75 Å². The Hall–Kier alpha value is -1.06. The lowest BCUT2D eigenvalue weighted by atomic mass is 10.1. The molecule has 0 aliphatic heterocycles. The first-order chi connectivity index (χ1) is 7.88. The minimum atomic E-state index is -0.279. The van der Waals surface area contributed by atoms with Gasteiger partial charge in [0.15, 0.2) is 0 Å². The molecule has 0 radical (unpaired) electrons. The minimum Gasteiger partial charge on any atom is -0.491 e. The maximum atomic E-state index is 5.81. The molecular weight excluding hydrogens is 214 g/mol. The van der Waals surface area contributed by atoms with Crippen LogP contribution < -0.4 is 10.5 Å². The van der Waals surface area contributed by atoms with Crippen molar-refractivity contribution in [1.82, 2.24) is 0 Å². The second-order valence-corrected chi connectivity index (χ2v) is 5.16. The van der Waals surface area contributed by atoms with Gasteiger partial charge in [-0.05, 0) is 44.9 Å². The number of ether oxygens (including phenoxy) is 2. The van der Waals surface area contributed by atoms with Gasteiger partial charge in [-0.15, -0.1) is 0 Å². The fraction of sp³-hybridized carbons (Fsp3) is 0.571. The molecule has 0 heterocycles. The molecule has 0 aromatic heterocycles. The van der Waals surface area contributed by atoms with Crippen LogP contribution in [0.25, 0.3) is 0 Å². The highest BCUT2D eigenvalue weighted by Crippen LogP contribution is 2.18. The van der Waals surface area contributed by atoms with Crippen molar-refractivity contribution in [1.29, 1.82) is 0 Å². The summed E-state index contributed by atoms with van der Waals surface area (Å²) in [6, 6.07) is 6.19. The van der Waals surface area contributed by atoms with Gasteiger partial charge in [0.25, 0.3) is 0 Å². The van der Waals surface area contributed by atoms with Crippen LogP contribution in [0.15, 0.2) is 18.2 Å². The molecule has 0 aliphatic carbocycles. The van der Waals surface area contributed by atoms with Crippen LogP contribution >= 0.6 is 0 Å². The van der Waals surface area contributed by atoms with Crippen molar-refractivity contribution in [2.24, 2.45) is 5.73 Å². The smallest absolute Gasteiger partial charge is 0.122 e. The summed E-state index contributed by atoms with van der Waals surface area (Å²) in [7, 11) is 0. The maximum Gasteiger partial charge on any atom is 0.122 e. The molecule has 0 spiro atoms. The highest BCUT2D eigenvalue weighted by atomic mass is 16.5. The molecule has 0 amide bonds. The number of rotatable bonds is 6. The Morgan fingerprint density at radius 2 is 1.88 bits per heavy atom. The maximum absolute atomic E-state index is 5.81. The van der Waals surface area contributed by atoms with Crippen LogP contribution in [0, 0.1) is 13.8 Å². The predicted octanol–water partition coefficient (Wildman–Crippen LogP) is 2.44. The standard InChI is InChI=1S/C14H23NO2/c1-11-5-6-12(2)13(9-11)17-8-7-16-10-14(3,4)15/h5-6,9H,7-8,10,15H2,1-4H3. The average Bonchev–Trinajstić information content (AvgIpc) is 2.21. The van der Waals surface area contributed by atoms with E-state index in [2.05, 4.69) is 19.1 Å². The SMILES string of the molecule is Cc1ccc(C)c(OCCOCC(C)(C)N)c1. The highest BCUT2D eigenvalue weighted by Gasteiger charge is 2.09. The van der Waals surface area contributed by atoms with E-state index in [0.717, 1.165) is 11.3 Å². The van der Waals surface area contributed by atoms with Gasteiger partial charge in [0.05, 0.1) is 13.2 Å². The average molecular weight is 237 g/mol. The van der Waals surface area contributed by atoms with Crippen LogP contribution in [0.2, 0.25) is 0 Å². The van der Waals surface area contributed by atoms with Crippen molar-refractivity contribution < 1.29 is 9.47 Å². The summed E-state index contributed by atoms with van der Waals surface area (Å²) in [6.07, 6.45) is 0. The fourth-order valence-electron chi connectivity index (χ4n) is 1.41. The Morgan fingerprint density at radius 3 is 2.53 bits per heavy atom. The highest BCUT2D eigenvalue weighted by molar-refractivity contribution is 5.35. The molecule has 1 aromatic rings. The molecule has 96 valence electrons. The van der Waals surface area contributed by atoms with Gasteiger partial charge in [0.1, 0.15) is 12.4 Å². The van der Waals surface area contributed by atoms with Gasteiger partial charge in [-0.3, -0.25) is 0 Å². The predicted molar refractivity (Wildman–Crippen MR) is 70.5 cm³/mol. The Labute approximate surface area is 104 Å². The van der Waals surface area contributed by atoms with Crippen LogP contribution in [0.4, 0.5) is 0 Å². The van der Waals surface area contributed by atoms with Crippen molar-refractivity contribution >= 4 is 0 Å². The summed E-state index contributed by atoms with van der Waals surface area (Å²) < 4.78 is 11.1. The zero-order valence-corrected chi connectivity index (χ0v) is 11.2. The van der Waals surface area contributed by atoms with E-state index in [1.807, 2.05) is 26.8 Å². The third-order valence-electron chi connectivity index (χ3n) is 2.30. The number of nitrogens with two attached hydrogens (primary N) is 1. The molecule has 0 bridgehead atoms. The van der Waals surface area contributed by atoms with E-state index >= 15 is 0 Å². The fourth-order valence-corrected chi connectivity index (χ4v) is 1.41. The van der Waals surface area contributed by atoms with Gasteiger partial charge in [0.2, 0.25) is 0 Å². The van der Waals surface area contributed by atoms with E-state index in [-0.39, 0.29) is 5.54 Å². The number of hydrogen-bond donors (Lipinski definition) is 1. The largest absolute Gasteiger partial charge is 0.491 e. The molecule has 0 aliphatic rings. The van der Waals surface area contributed by atoms with Gasteiger partial charge in [-0.25, -0.2) is 0 Å². The van der Waals surface area contributed by atoms with E-state index in [1.165, 1.54) is 5.56 Å². The van der Waals surface area contributed by atoms with Gasteiger partial charge >= 0.3 is 0 Å². The summed E-state index contributed by atoms with van der Waals surface area (Å²) in [4.78, 5) is 0. The molecule has 1 aromatic carbocycles. The first kappa shape index (κ1) is 14.0. The van der Waals surface area contributed by atoms with E-state index < -0.39 is 0 Å². The zero-order chi connectivity index (χ0) is 12.9. The van der Waals surface area contributed by atoms with E-state index in [4.69, 9.17) is 15.2 Å². The van der Waals surface area contributed by atoms with Gasteiger partial charge < -0.3 is 15.2 Å². The molecule has 3 heteroatoms. The minimum absolute atomic E-state index is 0.279. The lowest BCUT2D eigenvalue weighted by Gasteiger charge is -2.18. The molecule has 2 N–H and O–H groups in total. The Morgan fingerprint density at radius 1 is 1.18 bits per heavy atom. The van der Waals surface area contributed by atoms with Crippen LogP contribution in [0.1, 0.15) is 25.0 Å². The molecule has 17 heavy (non-hydrogen) atoms. The van der Waals surface area contributed by atoms with Crippen LogP contribution in [0.3, 0.4) is 0 Å². The van der Waals surface area contributed by atoms with Crippen molar-refractivity contribution in [2.45, 2.75) is 33.2 Å². The Bertz CT molecular complexity index is 356. The summed E-state index contributed by atoms with van der Waals surface area (Å²) in [5, 5.41) is 0. The zero-order valence-electron chi connectivity index (χ0n) is 11.2. The second-order valence-electron chi connectivity index (χ2n) is 5.16. The Balaban J connectivity index is 2.29. The topological polar surface area (TPSA) is 44.5 Å². The molecule has 0 saturated carbocycles. The summed E-state index contributed by atoms with van der Waals surface area (Å²) in [5.74, 6) is 0.931.